The van der Waals surface area contributed by atoms with Gasteiger partial charge in [0.2, 0.25) is 10.0 Å². The van der Waals surface area contributed by atoms with E-state index in [9.17, 15) is 8.42 Å². The summed E-state index contributed by atoms with van der Waals surface area (Å²) in [6.07, 6.45) is 0. The maximum atomic E-state index is 11.6. The van der Waals surface area contributed by atoms with Gasteiger partial charge in [-0.3, -0.25) is 0 Å². The minimum atomic E-state index is -3.19. The monoisotopic (exact) mass is 261 g/mol. The topological polar surface area (TPSA) is 37.4 Å². The van der Waals surface area contributed by atoms with E-state index in [2.05, 4.69) is 15.9 Å². The van der Waals surface area contributed by atoms with E-state index < -0.39 is 10.0 Å². The van der Waals surface area contributed by atoms with Gasteiger partial charge in [0.15, 0.2) is 0 Å². The molecule has 0 N–H and O–H groups in total. The van der Waals surface area contributed by atoms with Crippen molar-refractivity contribution in [1.29, 1.82) is 0 Å². The Hall–Kier alpha value is -0.390. The minimum Gasteiger partial charge on any atom is -0.207 e. The molecule has 0 bridgehead atoms. The predicted octanol–water partition coefficient (Wildman–Crippen LogP) is 1.58. The lowest BCUT2D eigenvalue weighted by atomic mass is 10.2. The van der Waals surface area contributed by atoms with E-state index in [-0.39, 0.29) is 0 Å². The summed E-state index contributed by atoms with van der Waals surface area (Å²) in [7, 11) is -1.60. The first-order chi connectivity index (χ1) is 6.01. The van der Waals surface area contributed by atoms with Crippen molar-refractivity contribution < 1.29 is 8.42 Å². The molecule has 0 fully saturated rings. The zero-order valence-electron chi connectivity index (χ0n) is 6.99. The van der Waals surface area contributed by atoms with Crippen molar-refractivity contribution in [3.05, 3.63) is 28.2 Å². The molecule has 1 aromatic carbocycles. The molecule has 2 rings (SSSR count). The second-order valence-electron chi connectivity index (χ2n) is 3.01. The maximum Gasteiger partial charge on any atom is 0.243 e. The van der Waals surface area contributed by atoms with Gasteiger partial charge in [-0.25, -0.2) is 8.42 Å². The largest absolute Gasteiger partial charge is 0.243 e. The van der Waals surface area contributed by atoms with Crippen molar-refractivity contribution in [3.63, 3.8) is 0 Å². The first-order valence-electron chi connectivity index (χ1n) is 3.76. The molecule has 13 heavy (non-hydrogen) atoms. The Balaban J connectivity index is 2.69. The van der Waals surface area contributed by atoms with Crippen LogP contribution in [0.3, 0.4) is 0 Å². The van der Waals surface area contributed by atoms with Crippen molar-refractivity contribution in [3.8, 4) is 0 Å². The smallest absolute Gasteiger partial charge is 0.207 e. The third kappa shape index (κ3) is 1.31. The third-order valence-corrected chi connectivity index (χ3v) is 4.50. The molecule has 0 aromatic heterocycles. The highest BCUT2D eigenvalue weighted by atomic mass is 79.9. The average Bonchev–Trinajstić information content (AvgIpc) is 2.23. The van der Waals surface area contributed by atoms with Gasteiger partial charge in [-0.1, -0.05) is 15.9 Å². The fourth-order valence-corrected chi connectivity index (χ4v) is 3.16. The minimum absolute atomic E-state index is 0.429. The number of hydrogen-bond donors (Lipinski definition) is 0. The van der Waals surface area contributed by atoms with Crippen LogP contribution in [0.1, 0.15) is 5.56 Å². The molecule has 1 aromatic rings. The van der Waals surface area contributed by atoms with Crippen LogP contribution in [-0.4, -0.2) is 19.8 Å². The van der Waals surface area contributed by atoms with Crippen LogP contribution in [0, 0.1) is 0 Å². The van der Waals surface area contributed by atoms with Crippen molar-refractivity contribution in [1.82, 2.24) is 4.31 Å². The molecule has 0 saturated carbocycles. The molecule has 0 saturated heterocycles. The van der Waals surface area contributed by atoms with E-state index in [1.54, 1.807) is 19.2 Å². The fourth-order valence-electron chi connectivity index (χ4n) is 1.42. The number of benzene rings is 1. The molecule has 5 heteroatoms. The van der Waals surface area contributed by atoms with Gasteiger partial charge < -0.3 is 0 Å². The Kier molecular flexibility index (Phi) is 1.98. The lowest BCUT2D eigenvalue weighted by Crippen LogP contribution is -2.18. The van der Waals surface area contributed by atoms with Crippen LogP contribution in [0.5, 0.6) is 0 Å². The van der Waals surface area contributed by atoms with E-state index >= 15 is 0 Å². The first-order valence-corrected chi connectivity index (χ1v) is 6.00. The quantitative estimate of drug-likeness (QED) is 0.712. The molecule has 1 aliphatic rings. The SMILES string of the molecule is CN1Cc2cc(Br)ccc2S1(=O)=O. The fraction of sp³-hybridized carbons (Fsp3) is 0.250. The Morgan fingerprint density at radius 1 is 1.46 bits per heavy atom. The summed E-state index contributed by atoms with van der Waals surface area (Å²) in [5.74, 6) is 0. The Bertz CT molecular complexity index is 455. The molecule has 3 nitrogen and oxygen atoms in total. The number of nitrogens with zero attached hydrogens (tertiary/aromatic N) is 1. The molecule has 70 valence electrons. The standard InChI is InChI=1S/C8H8BrNO2S/c1-10-5-6-4-7(9)2-3-8(6)13(10,11)12/h2-4H,5H2,1H3. The second kappa shape index (κ2) is 2.80. The van der Waals surface area contributed by atoms with Crippen molar-refractivity contribution in [2.45, 2.75) is 11.4 Å². The normalized spacial score (nSPS) is 20.2. The number of rotatable bonds is 0. The Morgan fingerprint density at radius 2 is 2.15 bits per heavy atom. The van der Waals surface area contributed by atoms with E-state index in [1.807, 2.05) is 6.07 Å². The lowest BCUT2D eigenvalue weighted by Gasteiger charge is -2.04. The predicted molar refractivity (Wildman–Crippen MR) is 52.8 cm³/mol. The van der Waals surface area contributed by atoms with Crippen LogP contribution in [0.4, 0.5) is 0 Å². The first kappa shape index (κ1) is 9.18. The van der Waals surface area contributed by atoms with Crippen LogP contribution in [0.25, 0.3) is 0 Å². The van der Waals surface area contributed by atoms with Gasteiger partial charge in [-0.2, -0.15) is 4.31 Å². The summed E-state index contributed by atoms with van der Waals surface area (Å²) in [4.78, 5) is 0.429. The van der Waals surface area contributed by atoms with Crippen LogP contribution >= 0.6 is 15.9 Å². The van der Waals surface area contributed by atoms with Gasteiger partial charge in [0.05, 0.1) is 4.90 Å². The van der Waals surface area contributed by atoms with E-state index in [0.29, 0.717) is 11.4 Å². The van der Waals surface area contributed by atoms with Crippen molar-refractivity contribution in [2.24, 2.45) is 0 Å². The van der Waals surface area contributed by atoms with Crippen LogP contribution in [-0.2, 0) is 16.6 Å². The van der Waals surface area contributed by atoms with Gasteiger partial charge in [0.25, 0.3) is 0 Å². The lowest BCUT2D eigenvalue weighted by molar-refractivity contribution is 0.488. The van der Waals surface area contributed by atoms with Gasteiger partial charge in [-0.05, 0) is 23.8 Å². The number of halogens is 1. The van der Waals surface area contributed by atoms with Gasteiger partial charge in [-0.15, -0.1) is 0 Å². The van der Waals surface area contributed by atoms with Crippen LogP contribution in [0.2, 0.25) is 0 Å². The number of hydrogen-bond acceptors (Lipinski definition) is 2. The summed E-state index contributed by atoms with van der Waals surface area (Å²) < 4.78 is 25.5. The van der Waals surface area contributed by atoms with Crippen molar-refractivity contribution in [2.75, 3.05) is 7.05 Å². The highest BCUT2D eigenvalue weighted by molar-refractivity contribution is 9.10. The summed E-state index contributed by atoms with van der Waals surface area (Å²) in [6, 6.07) is 5.23. The van der Waals surface area contributed by atoms with E-state index in [1.165, 1.54) is 4.31 Å². The third-order valence-electron chi connectivity index (χ3n) is 2.10. The van der Waals surface area contributed by atoms with E-state index in [0.717, 1.165) is 10.0 Å². The number of fused-ring (bicyclic) bond motifs is 1. The van der Waals surface area contributed by atoms with Crippen LogP contribution < -0.4 is 0 Å². The zero-order chi connectivity index (χ0) is 9.64. The molecule has 1 aliphatic heterocycles. The molecule has 1 heterocycles. The summed E-state index contributed by atoms with van der Waals surface area (Å²) >= 11 is 3.31. The maximum absolute atomic E-state index is 11.6. The molecule has 0 spiro atoms. The van der Waals surface area contributed by atoms with E-state index in [4.69, 9.17) is 0 Å². The molecule has 0 unspecified atom stereocenters. The molecular formula is C8H8BrNO2S. The van der Waals surface area contributed by atoms with Gasteiger partial charge in [0.1, 0.15) is 0 Å². The summed E-state index contributed by atoms with van der Waals surface area (Å²) in [5, 5.41) is 0. The molecular weight excluding hydrogens is 254 g/mol. The van der Waals surface area contributed by atoms with Gasteiger partial charge in [0, 0.05) is 18.1 Å². The molecule has 0 aliphatic carbocycles. The number of sulfonamides is 1. The van der Waals surface area contributed by atoms with Gasteiger partial charge >= 0.3 is 0 Å². The second-order valence-corrected chi connectivity index (χ2v) is 5.94. The molecule has 0 amide bonds. The zero-order valence-corrected chi connectivity index (χ0v) is 9.39. The molecule has 0 atom stereocenters. The highest BCUT2D eigenvalue weighted by Gasteiger charge is 2.31. The Morgan fingerprint density at radius 3 is 2.85 bits per heavy atom. The summed E-state index contributed by atoms with van der Waals surface area (Å²) in [5.41, 5.74) is 0.858. The van der Waals surface area contributed by atoms with Crippen LogP contribution in [0.15, 0.2) is 27.6 Å². The van der Waals surface area contributed by atoms with Crippen molar-refractivity contribution >= 4 is 26.0 Å². The summed E-state index contributed by atoms with van der Waals surface area (Å²) in [6.45, 7) is 0.469. The average molecular weight is 262 g/mol. The molecule has 0 radical (unpaired) electrons. The highest BCUT2D eigenvalue weighted by Crippen LogP contribution is 2.30. The Labute approximate surface area is 85.5 Å².